The number of amides is 2. The fourth-order valence-electron chi connectivity index (χ4n) is 3.84. The van der Waals surface area contributed by atoms with Crippen LogP contribution in [0.25, 0.3) is 0 Å². The number of phenols is 1. The average Bonchev–Trinajstić information content (AvgIpc) is 3.11. The maximum absolute atomic E-state index is 12.9. The molecule has 4 rings (SSSR count). The number of methoxy groups -OCH3 is 1. The molecular formula is C19H20N4O7S. The SMILES string of the molecule is CCOC(=O)N1CCc2c(sc3c2C(=O)NC(c2ccc(O)c(OC)c2[N+](=O)[O-])N3)C1. The molecule has 3 N–H and O–H groups in total. The van der Waals surface area contributed by atoms with E-state index >= 15 is 0 Å². The van der Waals surface area contributed by atoms with Crippen LogP contribution in [-0.4, -0.2) is 47.2 Å². The van der Waals surface area contributed by atoms with Gasteiger partial charge in [0.15, 0.2) is 5.75 Å². The lowest BCUT2D eigenvalue weighted by Gasteiger charge is -2.28. The van der Waals surface area contributed by atoms with E-state index in [2.05, 4.69) is 10.6 Å². The normalized spacial score (nSPS) is 17.2. The first-order valence-electron chi connectivity index (χ1n) is 9.53. The molecule has 1 atom stereocenters. The van der Waals surface area contributed by atoms with E-state index in [1.54, 1.807) is 11.8 Å². The minimum atomic E-state index is -0.892. The zero-order valence-corrected chi connectivity index (χ0v) is 17.6. The van der Waals surface area contributed by atoms with E-state index in [1.807, 2.05) is 0 Å². The smallest absolute Gasteiger partial charge is 0.410 e. The number of ether oxygens (including phenoxy) is 2. The molecule has 0 saturated carbocycles. The van der Waals surface area contributed by atoms with Crippen molar-refractivity contribution in [3.05, 3.63) is 43.8 Å². The number of thiophene rings is 1. The number of hydrogen-bond donors (Lipinski definition) is 3. The van der Waals surface area contributed by atoms with E-state index in [0.29, 0.717) is 30.1 Å². The Morgan fingerprint density at radius 3 is 2.87 bits per heavy atom. The van der Waals surface area contributed by atoms with Gasteiger partial charge in [-0.25, -0.2) is 4.79 Å². The van der Waals surface area contributed by atoms with Gasteiger partial charge in [-0.05, 0) is 31.0 Å². The molecular weight excluding hydrogens is 428 g/mol. The summed E-state index contributed by atoms with van der Waals surface area (Å²) in [5, 5.41) is 28.1. The van der Waals surface area contributed by atoms with Crippen LogP contribution in [0.15, 0.2) is 12.1 Å². The summed E-state index contributed by atoms with van der Waals surface area (Å²) in [6.07, 6.45) is -0.787. The highest BCUT2D eigenvalue weighted by atomic mass is 32.1. The highest BCUT2D eigenvalue weighted by Gasteiger charge is 2.37. The number of aromatic hydroxyl groups is 1. The Morgan fingerprint density at radius 2 is 2.19 bits per heavy atom. The summed E-state index contributed by atoms with van der Waals surface area (Å²) in [4.78, 5) is 38.4. The Labute approximate surface area is 180 Å². The van der Waals surface area contributed by atoms with Gasteiger partial charge in [0.25, 0.3) is 5.91 Å². The van der Waals surface area contributed by atoms with E-state index in [9.17, 15) is 24.8 Å². The van der Waals surface area contributed by atoms with Crippen molar-refractivity contribution in [1.82, 2.24) is 10.2 Å². The van der Waals surface area contributed by atoms with Gasteiger partial charge in [-0.3, -0.25) is 14.9 Å². The Balaban J connectivity index is 1.68. The highest BCUT2D eigenvalue weighted by Crippen LogP contribution is 2.45. The molecule has 0 saturated heterocycles. The predicted octanol–water partition coefficient (Wildman–Crippen LogP) is 2.74. The molecule has 0 aliphatic carbocycles. The number of rotatable bonds is 4. The summed E-state index contributed by atoms with van der Waals surface area (Å²) in [6.45, 7) is 2.79. The molecule has 0 radical (unpaired) electrons. The van der Waals surface area contributed by atoms with Crippen molar-refractivity contribution >= 4 is 34.0 Å². The first-order chi connectivity index (χ1) is 14.8. The topological polar surface area (TPSA) is 143 Å². The van der Waals surface area contributed by atoms with E-state index in [1.165, 1.54) is 30.6 Å². The molecule has 0 bridgehead atoms. The van der Waals surface area contributed by atoms with Crippen LogP contribution >= 0.6 is 11.3 Å². The third-order valence-corrected chi connectivity index (χ3v) is 6.35. The fourth-order valence-corrected chi connectivity index (χ4v) is 5.13. The van der Waals surface area contributed by atoms with Gasteiger partial charge >= 0.3 is 11.8 Å². The Hall–Kier alpha value is -3.54. The maximum Gasteiger partial charge on any atom is 0.410 e. The molecule has 2 amide bonds. The van der Waals surface area contributed by atoms with Crippen LogP contribution in [0.4, 0.5) is 15.5 Å². The van der Waals surface area contributed by atoms with Gasteiger partial charge in [-0.2, -0.15) is 0 Å². The number of fused-ring (bicyclic) bond motifs is 3. The standard InChI is InChI=1S/C19H20N4O7S/c1-3-30-19(26)22-7-6-9-12(8-22)31-18-13(9)17(25)20-16(21-18)10-4-5-11(24)15(29-2)14(10)23(27)28/h4-5,16,21,24H,3,6-8H2,1-2H3,(H,20,25). The molecule has 12 heteroatoms. The van der Waals surface area contributed by atoms with Crippen molar-refractivity contribution in [1.29, 1.82) is 0 Å². The lowest BCUT2D eigenvalue weighted by Crippen LogP contribution is -2.39. The Morgan fingerprint density at radius 1 is 1.42 bits per heavy atom. The molecule has 1 aromatic heterocycles. The van der Waals surface area contributed by atoms with Crippen molar-refractivity contribution in [2.45, 2.75) is 26.1 Å². The second kappa shape index (κ2) is 7.95. The zero-order valence-electron chi connectivity index (χ0n) is 16.8. The molecule has 31 heavy (non-hydrogen) atoms. The summed E-state index contributed by atoms with van der Waals surface area (Å²) in [5.74, 6) is -1.01. The van der Waals surface area contributed by atoms with Gasteiger partial charge in [-0.1, -0.05) is 0 Å². The molecule has 2 aromatic rings. The lowest BCUT2D eigenvalue weighted by molar-refractivity contribution is -0.386. The Kier molecular flexibility index (Phi) is 5.31. The molecule has 2 aliphatic rings. The molecule has 11 nitrogen and oxygen atoms in total. The number of carbonyl (C=O) groups excluding carboxylic acids is 2. The van der Waals surface area contributed by atoms with Crippen molar-refractivity contribution in [2.75, 3.05) is 25.6 Å². The van der Waals surface area contributed by atoms with Crippen molar-refractivity contribution in [3.63, 3.8) is 0 Å². The molecule has 1 aromatic carbocycles. The molecule has 164 valence electrons. The number of nitro benzene ring substituents is 1. The first kappa shape index (κ1) is 20.7. The average molecular weight is 448 g/mol. The number of nitro groups is 1. The molecule has 0 spiro atoms. The summed E-state index contributed by atoms with van der Waals surface area (Å²) in [6, 6.07) is 2.65. The van der Waals surface area contributed by atoms with Crippen LogP contribution in [0.3, 0.4) is 0 Å². The van der Waals surface area contributed by atoms with Gasteiger partial charge in [-0.15, -0.1) is 11.3 Å². The van der Waals surface area contributed by atoms with E-state index in [0.717, 1.165) is 10.4 Å². The number of phenolic OH excluding ortho intramolecular Hbond substituents is 1. The highest BCUT2D eigenvalue weighted by molar-refractivity contribution is 7.16. The number of benzene rings is 1. The van der Waals surface area contributed by atoms with Gasteiger partial charge in [0.2, 0.25) is 5.75 Å². The second-order valence-corrected chi connectivity index (χ2v) is 8.05. The molecule has 0 fully saturated rings. The van der Waals surface area contributed by atoms with Crippen LogP contribution in [0, 0.1) is 10.1 Å². The summed E-state index contributed by atoms with van der Waals surface area (Å²) < 4.78 is 10.1. The van der Waals surface area contributed by atoms with Gasteiger partial charge < -0.3 is 30.1 Å². The van der Waals surface area contributed by atoms with Crippen molar-refractivity contribution in [2.24, 2.45) is 0 Å². The first-order valence-corrected chi connectivity index (χ1v) is 10.3. The number of carbonyl (C=O) groups is 2. The molecule has 1 unspecified atom stereocenters. The summed E-state index contributed by atoms with van der Waals surface area (Å²) in [5.41, 5.74) is 1.08. The maximum atomic E-state index is 12.9. The fraction of sp³-hybridized carbons (Fsp3) is 0.368. The van der Waals surface area contributed by atoms with E-state index < -0.39 is 22.9 Å². The largest absolute Gasteiger partial charge is 0.504 e. The second-order valence-electron chi connectivity index (χ2n) is 6.94. The molecule has 3 heterocycles. The Bertz CT molecular complexity index is 1080. The van der Waals surface area contributed by atoms with Crippen LogP contribution in [0.5, 0.6) is 11.5 Å². The zero-order chi connectivity index (χ0) is 22.3. The third kappa shape index (κ3) is 3.48. The van der Waals surface area contributed by atoms with Crippen LogP contribution < -0.4 is 15.4 Å². The number of nitrogens with zero attached hydrogens (tertiary/aromatic N) is 2. The number of anilines is 1. The van der Waals surface area contributed by atoms with Crippen LogP contribution in [0.2, 0.25) is 0 Å². The van der Waals surface area contributed by atoms with Gasteiger partial charge in [0.05, 0.1) is 36.3 Å². The lowest BCUT2D eigenvalue weighted by atomic mass is 10.00. The van der Waals surface area contributed by atoms with Gasteiger partial charge in [0.1, 0.15) is 11.2 Å². The third-order valence-electron chi connectivity index (χ3n) is 5.20. The monoisotopic (exact) mass is 448 g/mol. The summed E-state index contributed by atoms with van der Waals surface area (Å²) >= 11 is 1.33. The number of nitrogens with one attached hydrogen (secondary N) is 2. The molecule has 2 aliphatic heterocycles. The van der Waals surface area contributed by atoms with Crippen molar-refractivity contribution < 1.29 is 29.1 Å². The quantitative estimate of drug-likeness (QED) is 0.478. The summed E-state index contributed by atoms with van der Waals surface area (Å²) in [7, 11) is 1.22. The predicted molar refractivity (Wildman–Crippen MR) is 111 cm³/mol. The van der Waals surface area contributed by atoms with Crippen LogP contribution in [-0.2, 0) is 17.7 Å². The van der Waals surface area contributed by atoms with Gasteiger partial charge in [0, 0.05) is 11.4 Å². The minimum Gasteiger partial charge on any atom is -0.504 e. The van der Waals surface area contributed by atoms with E-state index in [-0.39, 0.29) is 29.6 Å². The van der Waals surface area contributed by atoms with Crippen molar-refractivity contribution in [3.8, 4) is 11.5 Å². The van der Waals surface area contributed by atoms with E-state index in [4.69, 9.17) is 9.47 Å². The minimum absolute atomic E-state index is 0.151. The van der Waals surface area contributed by atoms with Crippen LogP contribution in [0.1, 0.15) is 39.5 Å². The number of hydrogen-bond acceptors (Lipinski definition) is 9.